The number of nitrogens with zero attached hydrogens (tertiary/aromatic N) is 1. The molecule has 2 N–H and O–H groups in total. The predicted octanol–water partition coefficient (Wildman–Crippen LogP) is 3.63. The van der Waals surface area contributed by atoms with Gasteiger partial charge in [-0.25, -0.2) is 0 Å². The van der Waals surface area contributed by atoms with E-state index in [1.807, 2.05) is 0 Å². The van der Waals surface area contributed by atoms with Crippen molar-refractivity contribution in [3.8, 4) is 0 Å². The smallest absolute Gasteiger partial charge is 0.430 e. The highest BCUT2D eigenvalue weighted by molar-refractivity contribution is 5.35. The van der Waals surface area contributed by atoms with Gasteiger partial charge in [-0.2, -0.15) is 26.3 Å². The normalized spacial score (nSPS) is 20.5. The number of hydrogen-bond donors (Lipinski definition) is 2. The number of hydrogen-bond acceptors (Lipinski definition) is 4. The molecule has 11 heteroatoms. The minimum absolute atomic E-state index is 0.0531. The monoisotopic (exact) mass is 349 g/mol. The van der Waals surface area contributed by atoms with Gasteiger partial charge < -0.3 is 10.2 Å². The van der Waals surface area contributed by atoms with Crippen LogP contribution in [0.4, 0.5) is 26.3 Å². The summed E-state index contributed by atoms with van der Waals surface area (Å²) in [5.41, 5.74) is -8.11. The maximum Gasteiger partial charge on any atom is 0.430 e. The zero-order chi connectivity index (χ0) is 18.2. The van der Waals surface area contributed by atoms with Crippen molar-refractivity contribution in [1.82, 2.24) is 0 Å². The molecular formula is C12H13F6NO4. The Morgan fingerprint density at radius 3 is 2.09 bits per heavy atom. The third-order valence-electron chi connectivity index (χ3n) is 3.55. The molecule has 1 aliphatic rings. The van der Waals surface area contributed by atoms with Crippen LogP contribution in [-0.4, -0.2) is 33.1 Å². The van der Waals surface area contributed by atoms with Gasteiger partial charge in [-0.05, 0) is 18.4 Å². The number of halogens is 6. The molecule has 0 saturated carbocycles. The van der Waals surface area contributed by atoms with Gasteiger partial charge in [-0.15, -0.1) is 0 Å². The van der Waals surface area contributed by atoms with E-state index in [4.69, 9.17) is 0 Å². The maximum absolute atomic E-state index is 12.9. The summed E-state index contributed by atoms with van der Waals surface area (Å²) >= 11 is 0. The van der Waals surface area contributed by atoms with Gasteiger partial charge in [-0.3, -0.25) is 10.1 Å². The molecule has 0 saturated heterocycles. The first-order valence-corrected chi connectivity index (χ1v) is 6.41. The van der Waals surface area contributed by atoms with Crippen molar-refractivity contribution in [2.45, 2.75) is 44.1 Å². The molecule has 0 aromatic rings. The second kappa shape index (κ2) is 6.02. The Labute approximate surface area is 126 Å². The van der Waals surface area contributed by atoms with Gasteiger partial charge in [0.05, 0.1) is 4.92 Å². The second-order valence-electron chi connectivity index (χ2n) is 5.09. The molecule has 0 heterocycles. The van der Waals surface area contributed by atoms with E-state index >= 15 is 0 Å². The zero-order valence-corrected chi connectivity index (χ0v) is 11.7. The predicted molar refractivity (Wildman–Crippen MR) is 64.8 cm³/mol. The van der Waals surface area contributed by atoms with Crippen molar-refractivity contribution in [3.63, 3.8) is 0 Å². The van der Waals surface area contributed by atoms with E-state index in [1.165, 1.54) is 6.92 Å². The topological polar surface area (TPSA) is 83.6 Å². The first kappa shape index (κ1) is 19.3. The van der Waals surface area contributed by atoms with E-state index in [0.29, 0.717) is 0 Å². The van der Waals surface area contributed by atoms with E-state index < -0.39 is 52.2 Å². The summed E-state index contributed by atoms with van der Waals surface area (Å²) < 4.78 is 77.2. The van der Waals surface area contributed by atoms with E-state index in [0.717, 1.165) is 0 Å². The largest absolute Gasteiger partial charge is 0.506 e. The quantitative estimate of drug-likeness (QED) is 0.461. The molecule has 0 spiro atoms. The lowest BCUT2D eigenvalue weighted by Gasteiger charge is -2.36. The van der Waals surface area contributed by atoms with Crippen molar-refractivity contribution in [3.05, 3.63) is 33.2 Å². The fourth-order valence-electron chi connectivity index (χ4n) is 2.38. The summed E-state index contributed by atoms with van der Waals surface area (Å²) in [6, 6.07) is 0. The van der Waals surface area contributed by atoms with Crippen molar-refractivity contribution in [1.29, 1.82) is 0 Å². The summed E-state index contributed by atoms with van der Waals surface area (Å²) in [4.78, 5) is 9.50. The molecule has 0 bridgehead atoms. The molecule has 23 heavy (non-hydrogen) atoms. The van der Waals surface area contributed by atoms with Crippen LogP contribution < -0.4 is 0 Å². The van der Waals surface area contributed by atoms with Crippen LogP contribution >= 0.6 is 0 Å². The van der Waals surface area contributed by atoms with Crippen LogP contribution in [-0.2, 0) is 0 Å². The average Bonchev–Trinajstić information content (AvgIpc) is 2.37. The second-order valence-corrected chi connectivity index (χ2v) is 5.09. The zero-order valence-electron chi connectivity index (χ0n) is 11.7. The Morgan fingerprint density at radius 1 is 1.26 bits per heavy atom. The standard InChI is InChI=1S/C12H13F6NO4/c1-2-3-6-4-7(5-8(9(6)20)19(22)23)10(21,11(13,14)15)12(16,17)18/h5-6,20-21H,2-4H2,1H3. The van der Waals surface area contributed by atoms with Crippen molar-refractivity contribution in [2.24, 2.45) is 5.92 Å². The number of aliphatic hydroxyl groups is 2. The first-order chi connectivity index (χ1) is 10.3. The molecule has 1 aliphatic carbocycles. The summed E-state index contributed by atoms with van der Waals surface area (Å²) in [6.07, 6.45) is -13.1. The SMILES string of the molecule is CCCC1CC(C(O)(C(F)(F)F)C(F)(F)F)=CC([N+](=O)[O-])=C1O. The molecule has 0 aliphatic heterocycles. The summed E-state index contributed by atoms with van der Waals surface area (Å²) in [5, 5.41) is 29.8. The van der Waals surface area contributed by atoms with E-state index in [2.05, 4.69) is 0 Å². The molecule has 0 aromatic heterocycles. The van der Waals surface area contributed by atoms with Crippen LogP contribution in [0.3, 0.4) is 0 Å². The number of alkyl halides is 6. The minimum Gasteiger partial charge on any atom is -0.506 e. The van der Waals surface area contributed by atoms with Crippen LogP contribution in [0.1, 0.15) is 26.2 Å². The molecule has 0 amide bonds. The van der Waals surface area contributed by atoms with Gasteiger partial charge in [0.25, 0.3) is 5.60 Å². The van der Waals surface area contributed by atoms with Gasteiger partial charge in [0.2, 0.25) is 0 Å². The van der Waals surface area contributed by atoms with Gasteiger partial charge in [0.15, 0.2) is 5.76 Å². The highest BCUT2D eigenvalue weighted by atomic mass is 19.4. The van der Waals surface area contributed by atoms with E-state index in [9.17, 15) is 46.7 Å². The Morgan fingerprint density at radius 2 is 1.74 bits per heavy atom. The lowest BCUT2D eigenvalue weighted by Crippen LogP contribution is -2.58. The van der Waals surface area contributed by atoms with Crippen LogP contribution in [0.2, 0.25) is 0 Å². The van der Waals surface area contributed by atoms with Gasteiger partial charge >= 0.3 is 18.0 Å². The molecule has 1 atom stereocenters. The lowest BCUT2D eigenvalue weighted by atomic mass is 9.79. The number of allylic oxidation sites excluding steroid dienone is 2. The van der Waals surface area contributed by atoms with Crippen LogP contribution in [0.25, 0.3) is 0 Å². The van der Waals surface area contributed by atoms with Crippen LogP contribution in [0.15, 0.2) is 23.1 Å². The third kappa shape index (κ3) is 3.28. The average molecular weight is 349 g/mol. The number of rotatable bonds is 4. The highest BCUT2D eigenvalue weighted by Crippen LogP contribution is 2.51. The molecule has 0 aromatic carbocycles. The van der Waals surface area contributed by atoms with Crippen molar-refractivity contribution < 1.29 is 41.5 Å². The summed E-state index contributed by atoms with van der Waals surface area (Å²) in [7, 11) is 0. The van der Waals surface area contributed by atoms with Crippen LogP contribution in [0.5, 0.6) is 0 Å². The van der Waals surface area contributed by atoms with Crippen molar-refractivity contribution >= 4 is 0 Å². The van der Waals surface area contributed by atoms with Crippen molar-refractivity contribution in [2.75, 3.05) is 0 Å². The molecule has 0 fully saturated rings. The summed E-state index contributed by atoms with van der Waals surface area (Å²) in [6.45, 7) is 1.54. The fourth-order valence-corrected chi connectivity index (χ4v) is 2.38. The summed E-state index contributed by atoms with van der Waals surface area (Å²) in [5.74, 6) is -2.20. The molecule has 5 nitrogen and oxygen atoms in total. The molecular weight excluding hydrogens is 336 g/mol. The molecule has 0 radical (unpaired) electrons. The van der Waals surface area contributed by atoms with Crippen LogP contribution in [0, 0.1) is 16.0 Å². The molecule has 1 unspecified atom stereocenters. The van der Waals surface area contributed by atoms with E-state index in [-0.39, 0.29) is 18.9 Å². The Kier molecular flexibility index (Phi) is 5.04. The lowest BCUT2D eigenvalue weighted by molar-refractivity contribution is -0.423. The Balaban J connectivity index is 3.56. The van der Waals surface area contributed by atoms with Gasteiger partial charge in [0, 0.05) is 12.0 Å². The Hall–Kier alpha value is -1.78. The number of aliphatic hydroxyl groups excluding tert-OH is 1. The van der Waals surface area contributed by atoms with E-state index in [1.54, 1.807) is 0 Å². The first-order valence-electron chi connectivity index (χ1n) is 6.41. The van der Waals surface area contributed by atoms with Gasteiger partial charge in [-0.1, -0.05) is 13.3 Å². The Bertz CT molecular complexity index is 535. The van der Waals surface area contributed by atoms with Gasteiger partial charge in [0.1, 0.15) is 0 Å². The fraction of sp³-hybridized carbons (Fsp3) is 0.667. The third-order valence-corrected chi connectivity index (χ3v) is 3.55. The minimum atomic E-state index is -6.12. The highest BCUT2D eigenvalue weighted by Gasteiger charge is 2.72. The molecule has 132 valence electrons. The molecule has 1 rings (SSSR count). The maximum atomic E-state index is 12.9. The number of nitro groups is 1.